The molecule has 1 saturated heterocycles. The molecule has 4 rings (SSSR count). The fourth-order valence-electron chi connectivity index (χ4n) is 3.41. The number of pyridine rings is 1. The van der Waals surface area contributed by atoms with E-state index in [9.17, 15) is 13.6 Å². The van der Waals surface area contributed by atoms with E-state index in [0.717, 1.165) is 26.2 Å². The molecule has 10 heteroatoms. The average Bonchev–Trinajstić information content (AvgIpc) is 2.66. The van der Waals surface area contributed by atoms with Gasteiger partial charge in [-0.25, -0.2) is 23.7 Å². The van der Waals surface area contributed by atoms with Gasteiger partial charge >= 0.3 is 0 Å². The number of halogens is 3. The van der Waals surface area contributed by atoms with Gasteiger partial charge in [0.05, 0.1) is 17.3 Å². The minimum Gasteiger partial charge on any atom is -0.354 e. The van der Waals surface area contributed by atoms with Crippen LogP contribution >= 0.6 is 11.6 Å². The highest BCUT2D eigenvalue weighted by atomic mass is 35.5. The zero-order valence-corrected chi connectivity index (χ0v) is 15.0. The van der Waals surface area contributed by atoms with Crippen molar-refractivity contribution in [1.82, 2.24) is 20.3 Å². The van der Waals surface area contributed by atoms with Gasteiger partial charge in [0.2, 0.25) is 12.3 Å². The Balaban J connectivity index is 1.81. The molecule has 4 heterocycles. The van der Waals surface area contributed by atoms with Crippen molar-refractivity contribution >= 4 is 29.1 Å². The van der Waals surface area contributed by atoms with Gasteiger partial charge in [0, 0.05) is 43.2 Å². The summed E-state index contributed by atoms with van der Waals surface area (Å²) >= 11 is 6.28. The van der Waals surface area contributed by atoms with E-state index in [2.05, 4.69) is 30.5 Å². The quantitative estimate of drug-likeness (QED) is 0.831. The molecule has 27 heavy (non-hydrogen) atoms. The number of nitrogens with one attached hydrogen (secondary N) is 2. The molecule has 142 valence electrons. The lowest BCUT2D eigenvalue weighted by atomic mass is 9.90. The van der Waals surface area contributed by atoms with Gasteiger partial charge in [-0.1, -0.05) is 11.6 Å². The summed E-state index contributed by atoms with van der Waals surface area (Å²) < 4.78 is 27.2. The van der Waals surface area contributed by atoms with E-state index >= 15 is 0 Å². The Morgan fingerprint density at radius 3 is 2.74 bits per heavy atom. The van der Waals surface area contributed by atoms with Crippen LogP contribution in [0.1, 0.15) is 17.9 Å². The molecule has 0 aromatic carbocycles. The number of carbonyl (C=O) groups excluding carboxylic acids is 1. The maximum atomic E-state index is 13.6. The molecular formula is C17H17ClF2N6O. The van der Waals surface area contributed by atoms with Gasteiger partial charge in [0.1, 0.15) is 18.0 Å². The number of rotatable bonds is 3. The third-order valence-corrected chi connectivity index (χ3v) is 4.90. The van der Waals surface area contributed by atoms with E-state index in [1.807, 2.05) is 0 Å². The second kappa shape index (κ2) is 7.32. The lowest BCUT2D eigenvalue weighted by Gasteiger charge is -2.29. The highest BCUT2D eigenvalue weighted by Crippen LogP contribution is 2.40. The number of piperazine rings is 1. The number of alkyl halides is 2. The fraction of sp³-hybridized carbons (Fsp3) is 0.412. The van der Waals surface area contributed by atoms with Crippen LogP contribution in [0.25, 0.3) is 11.4 Å². The molecule has 0 spiro atoms. The van der Waals surface area contributed by atoms with Crippen LogP contribution in [-0.4, -0.2) is 53.5 Å². The summed E-state index contributed by atoms with van der Waals surface area (Å²) in [5.74, 6) is -1.00. The van der Waals surface area contributed by atoms with Gasteiger partial charge in [-0.3, -0.25) is 4.79 Å². The molecule has 0 saturated carbocycles. The first-order valence-corrected chi connectivity index (χ1v) is 8.97. The van der Waals surface area contributed by atoms with Crippen LogP contribution in [0, 0.1) is 0 Å². The number of nitrogens with zero attached hydrogens (tertiary/aromatic N) is 4. The van der Waals surface area contributed by atoms with E-state index in [1.54, 1.807) is 12.1 Å². The van der Waals surface area contributed by atoms with Crippen LogP contribution < -0.4 is 15.5 Å². The summed E-state index contributed by atoms with van der Waals surface area (Å²) in [5.41, 5.74) is 0.855. The molecule has 2 N–H and O–H groups in total. The predicted octanol–water partition coefficient (Wildman–Crippen LogP) is 2.29. The van der Waals surface area contributed by atoms with Crippen molar-refractivity contribution < 1.29 is 13.6 Å². The maximum Gasteiger partial charge on any atom is 0.246 e. The minimum atomic E-state index is -2.72. The second-order valence-electron chi connectivity index (χ2n) is 6.44. The van der Waals surface area contributed by atoms with Crippen molar-refractivity contribution in [2.45, 2.75) is 18.8 Å². The van der Waals surface area contributed by atoms with Crippen molar-refractivity contribution in [2.24, 2.45) is 0 Å². The molecule has 0 aliphatic carbocycles. The van der Waals surface area contributed by atoms with E-state index < -0.39 is 18.3 Å². The second-order valence-corrected chi connectivity index (χ2v) is 6.88. The van der Waals surface area contributed by atoms with E-state index in [0.29, 0.717) is 16.5 Å². The number of aromatic nitrogens is 3. The van der Waals surface area contributed by atoms with E-state index in [-0.39, 0.29) is 23.5 Å². The Morgan fingerprint density at radius 2 is 2.00 bits per heavy atom. The Bertz CT molecular complexity index is 874. The first-order chi connectivity index (χ1) is 13.0. The zero-order chi connectivity index (χ0) is 19.0. The van der Waals surface area contributed by atoms with Crippen LogP contribution in [-0.2, 0) is 4.79 Å². The first-order valence-electron chi connectivity index (χ1n) is 8.59. The molecule has 2 aliphatic rings. The van der Waals surface area contributed by atoms with Crippen molar-refractivity contribution in [3.05, 3.63) is 29.0 Å². The Morgan fingerprint density at radius 1 is 1.22 bits per heavy atom. The molecule has 1 atom stereocenters. The molecule has 0 unspecified atom stereocenters. The van der Waals surface area contributed by atoms with Gasteiger partial charge in [-0.2, -0.15) is 0 Å². The van der Waals surface area contributed by atoms with E-state index in [4.69, 9.17) is 11.6 Å². The zero-order valence-electron chi connectivity index (χ0n) is 14.3. The van der Waals surface area contributed by atoms with Gasteiger partial charge in [-0.05, 0) is 12.1 Å². The molecule has 1 fully saturated rings. The summed E-state index contributed by atoms with van der Waals surface area (Å²) in [5, 5.41) is 6.25. The van der Waals surface area contributed by atoms with Crippen molar-refractivity contribution in [1.29, 1.82) is 0 Å². The SMILES string of the molecule is O=C1C[C@@H](C(F)F)c2c(ncnc2-c2cc(Cl)cc(N3CCNCC3)n2)N1. The molecule has 0 radical (unpaired) electrons. The molecule has 2 aliphatic heterocycles. The van der Waals surface area contributed by atoms with Crippen molar-refractivity contribution in [2.75, 3.05) is 36.4 Å². The largest absolute Gasteiger partial charge is 0.354 e. The molecule has 2 aromatic heterocycles. The topological polar surface area (TPSA) is 83.0 Å². The van der Waals surface area contributed by atoms with Gasteiger partial charge < -0.3 is 15.5 Å². The lowest BCUT2D eigenvalue weighted by molar-refractivity contribution is -0.117. The third kappa shape index (κ3) is 3.57. The van der Waals surface area contributed by atoms with Crippen LogP contribution in [0.4, 0.5) is 20.4 Å². The number of hydrogen-bond donors (Lipinski definition) is 2. The van der Waals surface area contributed by atoms with Crippen LogP contribution in [0.15, 0.2) is 18.5 Å². The third-order valence-electron chi connectivity index (χ3n) is 4.68. The summed E-state index contributed by atoms with van der Waals surface area (Å²) in [6.07, 6.45) is -1.81. The van der Waals surface area contributed by atoms with E-state index in [1.165, 1.54) is 6.33 Å². The van der Waals surface area contributed by atoms with Gasteiger partial charge in [0.15, 0.2) is 0 Å². The number of carbonyl (C=O) groups is 1. The maximum absolute atomic E-state index is 13.6. The summed E-state index contributed by atoms with van der Waals surface area (Å²) in [6.45, 7) is 3.19. The van der Waals surface area contributed by atoms with Crippen LogP contribution in [0.2, 0.25) is 5.02 Å². The standard InChI is InChI=1S/C17H17ClF2N6O/c18-9-5-11(24-12(6-9)26-3-1-21-2-4-26)15-14-10(16(19)20)7-13(27)25-17(14)23-8-22-15/h5-6,8,10,16,21H,1-4,7H2,(H,22,23,25,27)/t10-/m1/s1. The number of hydrogen-bond acceptors (Lipinski definition) is 6. The van der Waals surface area contributed by atoms with Gasteiger partial charge in [0.25, 0.3) is 0 Å². The molecule has 0 bridgehead atoms. The Labute approximate surface area is 159 Å². The number of amides is 1. The summed E-state index contributed by atoms with van der Waals surface area (Å²) in [4.78, 5) is 26.6. The highest BCUT2D eigenvalue weighted by molar-refractivity contribution is 6.31. The van der Waals surface area contributed by atoms with Crippen LogP contribution in [0.3, 0.4) is 0 Å². The van der Waals surface area contributed by atoms with Crippen molar-refractivity contribution in [3.8, 4) is 11.4 Å². The molecule has 2 aromatic rings. The monoisotopic (exact) mass is 394 g/mol. The summed E-state index contributed by atoms with van der Waals surface area (Å²) in [6, 6.07) is 3.34. The fourth-order valence-corrected chi connectivity index (χ4v) is 3.61. The smallest absolute Gasteiger partial charge is 0.246 e. The number of fused-ring (bicyclic) bond motifs is 1. The highest BCUT2D eigenvalue weighted by Gasteiger charge is 2.36. The van der Waals surface area contributed by atoms with Crippen LogP contribution in [0.5, 0.6) is 0 Å². The Hall–Kier alpha value is -2.39. The van der Waals surface area contributed by atoms with Crippen molar-refractivity contribution in [3.63, 3.8) is 0 Å². The molecule has 1 amide bonds. The van der Waals surface area contributed by atoms with Gasteiger partial charge in [-0.15, -0.1) is 0 Å². The number of anilines is 2. The first kappa shape index (κ1) is 18.0. The average molecular weight is 395 g/mol. The summed E-state index contributed by atoms with van der Waals surface area (Å²) in [7, 11) is 0. The molecular weight excluding hydrogens is 378 g/mol. The normalized spacial score (nSPS) is 19.8. The Kier molecular flexibility index (Phi) is 4.88. The predicted molar refractivity (Wildman–Crippen MR) is 97.3 cm³/mol. The minimum absolute atomic E-state index is 0.104. The molecule has 7 nitrogen and oxygen atoms in total. The lowest BCUT2D eigenvalue weighted by Crippen LogP contribution is -2.43.